The third-order valence-electron chi connectivity index (χ3n) is 5.68. The SMILES string of the molecule is OC[C@H]1CCCN1Cc1ccc(COc2cccc(OCc3ccccc3Cl)c2)cc1. The third-order valence-corrected chi connectivity index (χ3v) is 6.05. The minimum Gasteiger partial charge on any atom is -0.489 e. The van der Waals surface area contributed by atoms with Gasteiger partial charge in [-0.15, -0.1) is 0 Å². The van der Waals surface area contributed by atoms with Crippen molar-refractivity contribution in [1.82, 2.24) is 4.90 Å². The number of likely N-dealkylation sites (tertiary alicyclic amines) is 1. The molecule has 0 amide bonds. The lowest BCUT2D eigenvalue weighted by Gasteiger charge is -2.22. The van der Waals surface area contributed by atoms with Crippen molar-refractivity contribution in [2.24, 2.45) is 0 Å². The van der Waals surface area contributed by atoms with Gasteiger partial charge < -0.3 is 14.6 Å². The highest BCUT2D eigenvalue weighted by Crippen LogP contribution is 2.24. The van der Waals surface area contributed by atoms with Gasteiger partial charge in [0.05, 0.1) is 6.61 Å². The third kappa shape index (κ3) is 6.01. The number of rotatable bonds is 9. The van der Waals surface area contributed by atoms with Gasteiger partial charge in [-0.2, -0.15) is 0 Å². The van der Waals surface area contributed by atoms with Crippen LogP contribution in [0.3, 0.4) is 0 Å². The summed E-state index contributed by atoms with van der Waals surface area (Å²) in [6.07, 6.45) is 2.25. The number of benzene rings is 3. The second kappa shape index (κ2) is 10.7. The normalized spacial score (nSPS) is 16.4. The Morgan fingerprint density at radius 2 is 1.58 bits per heavy atom. The molecule has 0 unspecified atom stereocenters. The molecule has 1 atom stereocenters. The molecule has 1 N–H and O–H groups in total. The second-order valence-corrected chi connectivity index (χ2v) is 8.32. The van der Waals surface area contributed by atoms with E-state index in [1.165, 1.54) is 5.56 Å². The van der Waals surface area contributed by atoms with Crippen molar-refractivity contribution in [3.8, 4) is 11.5 Å². The summed E-state index contributed by atoms with van der Waals surface area (Å²) >= 11 is 6.19. The van der Waals surface area contributed by atoms with Crippen LogP contribution in [0.4, 0.5) is 0 Å². The number of hydrogen-bond acceptors (Lipinski definition) is 4. The number of hydrogen-bond donors (Lipinski definition) is 1. The number of aliphatic hydroxyl groups excluding tert-OH is 1. The van der Waals surface area contributed by atoms with E-state index in [1.807, 2.05) is 48.5 Å². The fraction of sp³-hybridized carbons (Fsp3) is 0.308. The molecule has 0 spiro atoms. The van der Waals surface area contributed by atoms with Crippen LogP contribution in [0.25, 0.3) is 0 Å². The summed E-state index contributed by atoms with van der Waals surface area (Å²) in [6.45, 7) is 3.10. The first kappa shape index (κ1) is 21.7. The van der Waals surface area contributed by atoms with Crippen LogP contribution in [0.2, 0.25) is 5.02 Å². The molecule has 1 heterocycles. The van der Waals surface area contributed by atoms with Gasteiger partial charge in [-0.1, -0.05) is 60.1 Å². The molecule has 1 fully saturated rings. The van der Waals surface area contributed by atoms with Gasteiger partial charge in [0.2, 0.25) is 0 Å². The Bertz CT molecular complexity index is 976. The van der Waals surface area contributed by atoms with Crippen LogP contribution in [0.5, 0.6) is 11.5 Å². The van der Waals surface area contributed by atoms with Gasteiger partial charge in [-0.05, 0) is 48.7 Å². The molecule has 4 rings (SSSR count). The van der Waals surface area contributed by atoms with Gasteiger partial charge in [0, 0.05) is 29.2 Å². The van der Waals surface area contributed by atoms with E-state index in [9.17, 15) is 5.11 Å². The van der Waals surface area contributed by atoms with Crippen molar-refractivity contribution >= 4 is 11.6 Å². The first-order valence-electron chi connectivity index (χ1n) is 10.7. The largest absolute Gasteiger partial charge is 0.489 e. The van der Waals surface area contributed by atoms with Gasteiger partial charge in [0.25, 0.3) is 0 Å². The Balaban J connectivity index is 1.29. The lowest BCUT2D eigenvalue weighted by molar-refractivity contribution is 0.153. The Kier molecular flexibility index (Phi) is 7.47. The van der Waals surface area contributed by atoms with Gasteiger partial charge in [0.1, 0.15) is 24.7 Å². The standard InChI is InChI=1S/C26H28ClNO3/c27-26-9-2-1-5-22(26)19-31-25-8-3-7-24(15-25)30-18-21-12-10-20(11-13-21)16-28-14-4-6-23(28)17-29/h1-3,5,7-13,15,23,29H,4,6,14,16-19H2/t23-/m1/s1. The summed E-state index contributed by atoms with van der Waals surface area (Å²) in [5.74, 6) is 1.51. The quantitative estimate of drug-likeness (QED) is 0.483. The summed E-state index contributed by atoms with van der Waals surface area (Å²) in [7, 11) is 0. The number of ether oxygens (including phenoxy) is 2. The van der Waals surface area contributed by atoms with Crippen LogP contribution in [0.1, 0.15) is 29.5 Å². The van der Waals surface area contributed by atoms with Crippen LogP contribution in [-0.4, -0.2) is 29.2 Å². The molecule has 0 aliphatic carbocycles. The van der Waals surface area contributed by atoms with Crippen LogP contribution >= 0.6 is 11.6 Å². The molecule has 5 heteroatoms. The number of halogens is 1. The highest BCUT2D eigenvalue weighted by molar-refractivity contribution is 6.31. The Labute approximate surface area is 189 Å². The minimum absolute atomic E-state index is 0.243. The van der Waals surface area contributed by atoms with Crippen molar-refractivity contribution in [1.29, 1.82) is 0 Å². The van der Waals surface area contributed by atoms with Crippen molar-refractivity contribution in [3.05, 3.63) is 94.5 Å². The monoisotopic (exact) mass is 437 g/mol. The molecule has 0 bridgehead atoms. The van der Waals surface area contributed by atoms with Gasteiger partial charge in [0.15, 0.2) is 0 Å². The van der Waals surface area contributed by atoms with E-state index in [0.29, 0.717) is 24.3 Å². The zero-order valence-electron chi connectivity index (χ0n) is 17.5. The van der Waals surface area contributed by atoms with E-state index in [0.717, 1.165) is 48.6 Å². The highest BCUT2D eigenvalue weighted by Gasteiger charge is 2.23. The Morgan fingerprint density at radius 1 is 0.871 bits per heavy atom. The zero-order chi connectivity index (χ0) is 21.5. The highest BCUT2D eigenvalue weighted by atomic mass is 35.5. The molecular weight excluding hydrogens is 410 g/mol. The van der Waals surface area contributed by atoms with E-state index in [1.54, 1.807) is 0 Å². The maximum Gasteiger partial charge on any atom is 0.123 e. The van der Waals surface area contributed by atoms with Crippen molar-refractivity contribution in [3.63, 3.8) is 0 Å². The van der Waals surface area contributed by atoms with Crippen LogP contribution in [0.15, 0.2) is 72.8 Å². The molecule has 1 aliphatic rings. The molecule has 1 aliphatic heterocycles. The second-order valence-electron chi connectivity index (χ2n) is 7.91. The van der Waals surface area contributed by atoms with Gasteiger partial charge >= 0.3 is 0 Å². The van der Waals surface area contributed by atoms with Crippen LogP contribution < -0.4 is 9.47 Å². The number of nitrogens with zero attached hydrogens (tertiary/aromatic N) is 1. The topological polar surface area (TPSA) is 41.9 Å². The van der Waals surface area contributed by atoms with Crippen LogP contribution in [0, 0.1) is 0 Å². The average molecular weight is 438 g/mol. The molecule has 162 valence electrons. The lowest BCUT2D eigenvalue weighted by Crippen LogP contribution is -2.31. The number of aliphatic hydroxyl groups is 1. The first-order valence-corrected chi connectivity index (χ1v) is 11.1. The molecule has 0 saturated carbocycles. The molecule has 0 radical (unpaired) electrons. The predicted molar refractivity (Wildman–Crippen MR) is 124 cm³/mol. The maximum absolute atomic E-state index is 9.49. The smallest absolute Gasteiger partial charge is 0.123 e. The van der Waals surface area contributed by atoms with Crippen molar-refractivity contribution < 1.29 is 14.6 Å². The maximum atomic E-state index is 9.49. The van der Waals surface area contributed by atoms with E-state index in [4.69, 9.17) is 21.1 Å². The first-order chi connectivity index (χ1) is 15.2. The summed E-state index contributed by atoms with van der Waals surface area (Å²) in [5.41, 5.74) is 3.33. The molecule has 0 aromatic heterocycles. The van der Waals surface area contributed by atoms with Crippen LogP contribution in [-0.2, 0) is 19.8 Å². The minimum atomic E-state index is 0.243. The lowest BCUT2D eigenvalue weighted by atomic mass is 10.1. The molecule has 4 nitrogen and oxygen atoms in total. The average Bonchev–Trinajstić information content (AvgIpc) is 3.25. The molecule has 31 heavy (non-hydrogen) atoms. The fourth-order valence-electron chi connectivity index (χ4n) is 3.88. The molecule has 3 aromatic rings. The summed E-state index contributed by atoms with van der Waals surface area (Å²) < 4.78 is 11.8. The summed E-state index contributed by atoms with van der Waals surface area (Å²) in [4.78, 5) is 2.36. The molecule has 1 saturated heterocycles. The van der Waals surface area contributed by atoms with E-state index < -0.39 is 0 Å². The van der Waals surface area contributed by atoms with Gasteiger partial charge in [-0.25, -0.2) is 0 Å². The Hall–Kier alpha value is -2.53. The van der Waals surface area contributed by atoms with E-state index in [2.05, 4.69) is 29.2 Å². The Morgan fingerprint density at radius 3 is 2.32 bits per heavy atom. The molecule has 3 aromatic carbocycles. The van der Waals surface area contributed by atoms with E-state index in [-0.39, 0.29) is 6.61 Å². The summed E-state index contributed by atoms with van der Waals surface area (Å²) in [5, 5.41) is 10.2. The van der Waals surface area contributed by atoms with Gasteiger partial charge in [-0.3, -0.25) is 4.90 Å². The van der Waals surface area contributed by atoms with Crippen molar-refractivity contribution in [2.45, 2.75) is 38.6 Å². The zero-order valence-corrected chi connectivity index (χ0v) is 18.3. The fourth-order valence-corrected chi connectivity index (χ4v) is 4.07. The van der Waals surface area contributed by atoms with Crippen molar-refractivity contribution in [2.75, 3.05) is 13.2 Å². The summed E-state index contributed by atoms with van der Waals surface area (Å²) in [6, 6.07) is 24.2. The van der Waals surface area contributed by atoms with E-state index >= 15 is 0 Å². The predicted octanol–water partition coefficient (Wildman–Crippen LogP) is 5.45. The molecular formula is C26H28ClNO3.